The van der Waals surface area contributed by atoms with Crippen LogP contribution in [0.1, 0.15) is 17.1 Å². The van der Waals surface area contributed by atoms with Gasteiger partial charge in [0.05, 0.1) is 29.0 Å². The Labute approximate surface area is 179 Å². The minimum atomic E-state index is -4.59. The van der Waals surface area contributed by atoms with Gasteiger partial charge in [-0.05, 0) is 42.5 Å². The average Bonchev–Trinajstić information content (AvgIpc) is 3.19. The van der Waals surface area contributed by atoms with Gasteiger partial charge in [0.2, 0.25) is 0 Å². The number of carbonyl (C=O) groups excluding carboxylic acids is 2. The summed E-state index contributed by atoms with van der Waals surface area (Å²) in [5, 5.41) is 4.44. The lowest BCUT2D eigenvalue weighted by Crippen LogP contribution is -2.34. The van der Waals surface area contributed by atoms with Crippen molar-refractivity contribution in [2.75, 3.05) is 5.32 Å². The summed E-state index contributed by atoms with van der Waals surface area (Å²) in [6, 6.07) is 14.8. The number of halogens is 4. The van der Waals surface area contributed by atoms with Crippen LogP contribution < -0.4 is 10.6 Å². The fourth-order valence-corrected chi connectivity index (χ4v) is 2.69. The molecule has 2 aromatic carbocycles. The molecule has 0 bridgehead atoms. The first-order chi connectivity index (χ1) is 14.7. The predicted octanol–water partition coefficient (Wildman–Crippen LogP) is 4.96. The van der Waals surface area contributed by atoms with E-state index in [-0.39, 0.29) is 18.0 Å². The van der Waals surface area contributed by atoms with E-state index in [0.29, 0.717) is 11.4 Å². The number of benzene rings is 2. The van der Waals surface area contributed by atoms with Crippen LogP contribution in [0.25, 0.3) is 0 Å². The number of para-hydroxylation sites is 1. The van der Waals surface area contributed by atoms with E-state index in [1.54, 1.807) is 36.4 Å². The lowest BCUT2D eigenvalue weighted by molar-refractivity contribution is -0.137. The number of nitrogens with zero attached hydrogens (tertiary/aromatic N) is 1. The molecule has 3 rings (SSSR count). The molecule has 0 aliphatic carbocycles. The van der Waals surface area contributed by atoms with Crippen molar-refractivity contribution in [1.82, 2.24) is 5.32 Å². The summed E-state index contributed by atoms with van der Waals surface area (Å²) < 4.78 is 44.2. The third kappa shape index (κ3) is 6.19. The summed E-state index contributed by atoms with van der Waals surface area (Å²) in [6.07, 6.45) is -3.36. The van der Waals surface area contributed by atoms with Crippen LogP contribution >= 0.6 is 11.6 Å². The second-order valence-corrected chi connectivity index (χ2v) is 6.63. The van der Waals surface area contributed by atoms with Crippen LogP contribution in [0, 0.1) is 0 Å². The lowest BCUT2D eigenvalue weighted by atomic mass is 10.2. The number of rotatable bonds is 5. The van der Waals surface area contributed by atoms with Crippen molar-refractivity contribution in [3.8, 4) is 0 Å². The van der Waals surface area contributed by atoms with Crippen molar-refractivity contribution in [2.45, 2.75) is 12.7 Å². The summed E-state index contributed by atoms with van der Waals surface area (Å²) in [5.74, 6) is -1.10. The molecule has 0 spiro atoms. The number of anilines is 1. The molecule has 0 fully saturated rings. The third-order valence-electron chi connectivity index (χ3n) is 3.94. The van der Waals surface area contributed by atoms with Crippen molar-refractivity contribution in [2.24, 2.45) is 4.99 Å². The Bertz CT molecular complexity index is 1110. The van der Waals surface area contributed by atoms with Gasteiger partial charge in [0, 0.05) is 5.69 Å². The number of aliphatic imine (C=N–C) groups is 1. The second-order valence-electron chi connectivity index (χ2n) is 6.23. The number of amides is 2. The first-order valence-electron chi connectivity index (χ1n) is 8.86. The molecule has 6 nitrogen and oxygen atoms in total. The van der Waals surface area contributed by atoms with E-state index in [0.717, 1.165) is 12.1 Å². The summed E-state index contributed by atoms with van der Waals surface area (Å²) in [6.45, 7) is -0.0615. The van der Waals surface area contributed by atoms with Crippen LogP contribution in [0.5, 0.6) is 0 Å². The van der Waals surface area contributed by atoms with Crippen molar-refractivity contribution in [3.63, 3.8) is 0 Å². The average molecular weight is 450 g/mol. The fourth-order valence-electron chi connectivity index (χ4n) is 2.46. The van der Waals surface area contributed by atoms with Crippen LogP contribution in [-0.2, 0) is 22.3 Å². The van der Waals surface area contributed by atoms with E-state index in [9.17, 15) is 22.8 Å². The van der Waals surface area contributed by atoms with E-state index in [1.807, 2.05) is 0 Å². The van der Waals surface area contributed by atoms with Gasteiger partial charge in [0.25, 0.3) is 0 Å². The Morgan fingerprint density at radius 2 is 1.77 bits per heavy atom. The zero-order valence-electron chi connectivity index (χ0n) is 15.7. The number of hydrogen-bond acceptors (Lipinski definition) is 4. The Morgan fingerprint density at radius 1 is 1.03 bits per heavy atom. The molecule has 0 radical (unpaired) electrons. The van der Waals surface area contributed by atoms with E-state index in [1.165, 1.54) is 18.3 Å². The largest absolute Gasteiger partial charge is 0.458 e. The molecule has 0 saturated carbocycles. The molecule has 0 aliphatic heterocycles. The molecule has 2 amide bonds. The van der Waals surface area contributed by atoms with Crippen molar-refractivity contribution in [3.05, 3.63) is 82.8 Å². The summed E-state index contributed by atoms with van der Waals surface area (Å²) in [7, 11) is 0. The molecular formula is C21H15ClF3N3O3. The minimum absolute atomic E-state index is 0.0422. The van der Waals surface area contributed by atoms with Crippen molar-refractivity contribution >= 4 is 41.0 Å². The molecule has 10 heteroatoms. The highest BCUT2D eigenvalue weighted by atomic mass is 35.5. The molecular weight excluding hydrogens is 435 g/mol. The summed E-state index contributed by atoms with van der Waals surface area (Å²) in [5.41, 5.74) is -0.462. The van der Waals surface area contributed by atoms with Gasteiger partial charge < -0.3 is 15.1 Å². The number of alkyl halides is 3. The lowest BCUT2D eigenvalue weighted by Gasteiger charge is -2.08. The van der Waals surface area contributed by atoms with Gasteiger partial charge in [-0.3, -0.25) is 14.6 Å². The van der Waals surface area contributed by atoms with Crippen molar-refractivity contribution in [1.29, 1.82) is 0 Å². The molecule has 1 aromatic heterocycles. The Balaban J connectivity index is 1.57. The molecule has 0 saturated heterocycles. The number of furan rings is 1. The standard InChI is InChI=1S/C21H15ClF3N3O3/c22-18-9-6-14(10-17(18)21(23,24)25)26-11-15-7-8-16(31-15)12-27-19(29)20(30)28-13-4-2-1-3-5-13/h1-11H,12H2,(H,27,29)(H,28,30). The molecule has 0 unspecified atom stereocenters. The quantitative estimate of drug-likeness (QED) is 0.426. The Morgan fingerprint density at radius 3 is 2.48 bits per heavy atom. The van der Waals surface area contributed by atoms with Gasteiger partial charge in [0.15, 0.2) is 0 Å². The first-order valence-corrected chi connectivity index (χ1v) is 9.24. The number of nitrogens with one attached hydrogen (secondary N) is 2. The van der Waals surface area contributed by atoms with Crippen LogP contribution in [0.4, 0.5) is 24.5 Å². The second kappa shape index (κ2) is 9.48. The van der Waals surface area contributed by atoms with Gasteiger partial charge in [-0.15, -0.1) is 0 Å². The normalized spacial score (nSPS) is 11.5. The van der Waals surface area contributed by atoms with Gasteiger partial charge in [-0.1, -0.05) is 29.8 Å². The van der Waals surface area contributed by atoms with Crippen LogP contribution in [0.3, 0.4) is 0 Å². The highest BCUT2D eigenvalue weighted by Gasteiger charge is 2.33. The van der Waals surface area contributed by atoms with Gasteiger partial charge >= 0.3 is 18.0 Å². The monoisotopic (exact) mass is 449 g/mol. The number of carbonyl (C=O) groups is 2. The third-order valence-corrected chi connectivity index (χ3v) is 4.27. The maximum absolute atomic E-state index is 12.9. The zero-order chi connectivity index (χ0) is 22.4. The maximum Gasteiger partial charge on any atom is 0.417 e. The SMILES string of the molecule is O=C(NCc1ccc(C=Nc2ccc(Cl)c(C(F)(F)F)c2)o1)C(=O)Nc1ccccc1. The molecule has 0 atom stereocenters. The Hall–Kier alpha value is -3.59. The highest BCUT2D eigenvalue weighted by Crippen LogP contribution is 2.36. The molecule has 31 heavy (non-hydrogen) atoms. The first kappa shape index (κ1) is 22.1. The van der Waals surface area contributed by atoms with Crippen LogP contribution in [0.15, 0.2) is 70.1 Å². The minimum Gasteiger partial charge on any atom is -0.458 e. The van der Waals surface area contributed by atoms with Gasteiger partial charge in [0.1, 0.15) is 11.5 Å². The zero-order valence-corrected chi connectivity index (χ0v) is 16.5. The molecule has 2 N–H and O–H groups in total. The predicted molar refractivity (Wildman–Crippen MR) is 109 cm³/mol. The van der Waals surface area contributed by atoms with Crippen LogP contribution in [-0.4, -0.2) is 18.0 Å². The van der Waals surface area contributed by atoms with Gasteiger partial charge in [-0.2, -0.15) is 13.2 Å². The maximum atomic E-state index is 12.9. The van der Waals surface area contributed by atoms with E-state index < -0.39 is 28.6 Å². The molecule has 0 aliphatic rings. The van der Waals surface area contributed by atoms with E-state index in [4.69, 9.17) is 16.0 Å². The topological polar surface area (TPSA) is 83.7 Å². The summed E-state index contributed by atoms with van der Waals surface area (Å²) >= 11 is 5.58. The van der Waals surface area contributed by atoms with Crippen molar-refractivity contribution < 1.29 is 27.2 Å². The summed E-state index contributed by atoms with van der Waals surface area (Å²) in [4.78, 5) is 27.7. The molecule has 1 heterocycles. The Kier molecular flexibility index (Phi) is 6.76. The van der Waals surface area contributed by atoms with Crippen LogP contribution in [0.2, 0.25) is 5.02 Å². The molecule has 160 valence electrons. The van der Waals surface area contributed by atoms with Gasteiger partial charge in [-0.25, -0.2) is 0 Å². The highest BCUT2D eigenvalue weighted by molar-refractivity contribution is 6.39. The fraction of sp³-hybridized carbons (Fsp3) is 0.0952. The van der Waals surface area contributed by atoms with E-state index >= 15 is 0 Å². The smallest absolute Gasteiger partial charge is 0.417 e. The van der Waals surface area contributed by atoms with E-state index in [2.05, 4.69) is 15.6 Å². The molecule has 3 aromatic rings. The number of hydrogen-bond donors (Lipinski definition) is 2.